The van der Waals surface area contributed by atoms with Crippen molar-refractivity contribution in [3.63, 3.8) is 0 Å². The first kappa shape index (κ1) is 20.1. The van der Waals surface area contributed by atoms with Crippen molar-refractivity contribution in [1.29, 1.82) is 0 Å². The molecule has 2 aromatic heterocycles. The molecule has 0 atom stereocenters. The Morgan fingerprint density at radius 1 is 1.23 bits per heavy atom. The molecule has 0 fully saturated rings. The standard InChI is InChI=1S/C21H17N3O4S3/c1-2-26-14-6-4-13(5-7-14)24-18-17(31-21(24)29)19(25)23-20(22-18)30-10-12-3-8-15-16(9-12)28-11-27-15/h3-9H,2,10-11H2,1H3,(H,22,23,25). The fourth-order valence-electron chi connectivity index (χ4n) is 3.23. The number of H-pyrrole nitrogens is 1. The molecule has 0 unspecified atom stereocenters. The van der Waals surface area contributed by atoms with Gasteiger partial charge in [-0.2, -0.15) is 0 Å². The van der Waals surface area contributed by atoms with E-state index in [0.29, 0.717) is 31.8 Å². The van der Waals surface area contributed by atoms with Gasteiger partial charge in [-0.05, 0) is 61.1 Å². The van der Waals surface area contributed by atoms with Crippen LogP contribution in [0.5, 0.6) is 17.2 Å². The number of nitrogens with one attached hydrogen (secondary N) is 1. The average molecular weight is 472 g/mol. The minimum atomic E-state index is -0.195. The van der Waals surface area contributed by atoms with Crippen LogP contribution in [0.1, 0.15) is 12.5 Å². The summed E-state index contributed by atoms with van der Waals surface area (Å²) in [7, 11) is 0. The molecule has 0 bridgehead atoms. The van der Waals surface area contributed by atoms with Gasteiger partial charge in [-0.25, -0.2) is 4.98 Å². The third-order valence-electron chi connectivity index (χ3n) is 4.64. The van der Waals surface area contributed by atoms with Crippen molar-refractivity contribution < 1.29 is 14.2 Å². The molecule has 4 aromatic rings. The average Bonchev–Trinajstić information content (AvgIpc) is 3.37. The van der Waals surface area contributed by atoms with E-state index in [-0.39, 0.29) is 12.4 Å². The minimum absolute atomic E-state index is 0.195. The van der Waals surface area contributed by atoms with Crippen molar-refractivity contribution in [1.82, 2.24) is 14.5 Å². The molecule has 0 aliphatic carbocycles. The van der Waals surface area contributed by atoms with Gasteiger partial charge >= 0.3 is 0 Å². The lowest BCUT2D eigenvalue weighted by Crippen LogP contribution is -2.09. The highest BCUT2D eigenvalue weighted by Crippen LogP contribution is 2.34. The Balaban J connectivity index is 1.47. The number of hydrogen-bond acceptors (Lipinski definition) is 8. The fourth-order valence-corrected chi connectivity index (χ4v) is 5.30. The number of ether oxygens (including phenoxy) is 3. The van der Waals surface area contributed by atoms with E-state index in [1.807, 2.05) is 54.0 Å². The molecule has 1 aliphatic heterocycles. The van der Waals surface area contributed by atoms with Gasteiger partial charge in [0, 0.05) is 11.4 Å². The number of aromatic amines is 1. The lowest BCUT2D eigenvalue weighted by atomic mass is 10.2. The number of aromatic nitrogens is 3. The van der Waals surface area contributed by atoms with Gasteiger partial charge in [-0.15, -0.1) is 0 Å². The number of hydrogen-bond donors (Lipinski definition) is 1. The van der Waals surface area contributed by atoms with E-state index in [2.05, 4.69) is 4.98 Å². The van der Waals surface area contributed by atoms with Crippen molar-refractivity contribution in [3.8, 4) is 22.9 Å². The maximum atomic E-state index is 12.7. The second kappa shape index (κ2) is 8.37. The monoisotopic (exact) mass is 471 g/mol. The van der Waals surface area contributed by atoms with Crippen LogP contribution in [0.2, 0.25) is 0 Å². The molecule has 0 spiro atoms. The third-order valence-corrected chi connectivity index (χ3v) is 6.95. The summed E-state index contributed by atoms with van der Waals surface area (Å²) in [6.07, 6.45) is 0. The fraction of sp³-hybridized carbons (Fsp3) is 0.190. The molecule has 0 radical (unpaired) electrons. The Labute approximate surface area is 190 Å². The topological polar surface area (TPSA) is 78.4 Å². The summed E-state index contributed by atoms with van der Waals surface area (Å²) in [4.78, 5) is 20.3. The van der Waals surface area contributed by atoms with E-state index in [9.17, 15) is 4.79 Å². The minimum Gasteiger partial charge on any atom is -0.494 e. The Morgan fingerprint density at radius 3 is 2.84 bits per heavy atom. The largest absolute Gasteiger partial charge is 0.494 e. The molecule has 5 rings (SSSR count). The smallest absolute Gasteiger partial charge is 0.271 e. The molecule has 31 heavy (non-hydrogen) atoms. The summed E-state index contributed by atoms with van der Waals surface area (Å²) in [5, 5.41) is 0.530. The maximum absolute atomic E-state index is 12.7. The number of benzene rings is 2. The third kappa shape index (κ3) is 3.93. The summed E-state index contributed by atoms with van der Waals surface area (Å²) in [6, 6.07) is 13.4. The number of nitrogens with zero attached hydrogens (tertiary/aromatic N) is 2. The summed E-state index contributed by atoms with van der Waals surface area (Å²) >= 11 is 8.23. The van der Waals surface area contributed by atoms with Gasteiger partial charge in [0.2, 0.25) is 6.79 Å². The highest BCUT2D eigenvalue weighted by atomic mass is 32.2. The SMILES string of the molecule is CCOc1ccc(-n2c(=S)sc3c(=O)[nH]c(SCc4ccc5c(c4)OCO5)nc32)cc1. The zero-order chi connectivity index (χ0) is 21.4. The normalized spacial score (nSPS) is 12.4. The molecule has 158 valence electrons. The van der Waals surface area contributed by atoms with Crippen LogP contribution >= 0.6 is 35.3 Å². The van der Waals surface area contributed by atoms with Crippen LogP contribution in [0.3, 0.4) is 0 Å². The predicted octanol–water partition coefficient (Wildman–Crippen LogP) is 4.92. The zero-order valence-corrected chi connectivity index (χ0v) is 18.9. The molecule has 0 saturated heterocycles. The first-order valence-corrected chi connectivity index (χ1v) is 11.7. The van der Waals surface area contributed by atoms with Crippen molar-refractivity contribution in [2.24, 2.45) is 0 Å². The van der Waals surface area contributed by atoms with Crippen molar-refractivity contribution in [2.75, 3.05) is 13.4 Å². The van der Waals surface area contributed by atoms with Gasteiger partial charge in [0.25, 0.3) is 5.56 Å². The van der Waals surface area contributed by atoms with E-state index in [1.54, 1.807) is 0 Å². The molecule has 7 nitrogen and oxygen atoms in total. The van der Waals surface area contributed by atoms with E-state index in [1.165, 1.54) is 23.1 Å². The molecule has 3 heterocycles. The Bertz CT molecular complexity index is 1380. The van der Waals surface area contributed by atoms with Gasteiger partial charge < -0.3 is 19.2 Å². The quantitative estimate of drug-likeness (QED) is 0.243. The van der Waals surface area contributed by atoms with Crippen LogP contribution in [0.25, 0.3) is 16.0 Å². The van der Waals surface area contributed by atoms with Gasteiger partial charge in [0.1, 0.15) is 10.4 Å². The van der Waals surface area contributed by atoms with Gasteiger partial charge in [0.05, 0.1) is 6.61 Å². The van der Waals surface area contributed by atoms with Crippen molar-refractivity contribution >= 4 is 45.7 Å². The van der Waals surface area contributed by atoms with Crippen molar-refractivity contribution in [2.45, 2.75) is 17.8 Å². The molecule has 0 saturated carbocycles. The number of rotatable bonds is 6. The Hall–Kier alpha value is -2.82. The van der Waals surface area contributed by atoms with Crippen molar-refractivity contribution in [3.05, 3.63) is 62.3 Å². The summed E-state index contributed by atoms with van der Waals surface area (Å²) < 4.78 is 19.2. The van der Waals surface area contributed by atoms with Crippen LogP contribution in [-0.2, 0) is 5.75 Å². The number of thiazole rings is 1. The second-order valence-corrected chi connectivity index (χ2v) is 9.24. The van der Waals surface area contributed by atoms with Crippen LogP contribution in [0.15, 0.2) is 52.4 Å². The molecule has 0 amide bonds. The summed E-state index contributed by atoms with van der Waals surface area (Å²) in [6.45, 7) is 2.78. The van der Waals surface area contributed by atoms with Crippen LogP contribution in [-0.4, -0.2) is 27.9 Å². The van der Waals surface area contributed by atoms with E-state index in [0.717, 1.165) is 28.5 Å². The van der Waals surface area contributed by atoms with E-state index in [4.69, 9.17) is 31.4 Å². The highest BCUT2D eigenvalue weighted by molar-refractivity contribution is 7.98. The lowest BCUT2D eigenvalue weighted by molar-refractivity contribution is 0.174. The maximum Gasteiger partial charge on any atom is 0.271 e. The first-order chi connectivity index (χ1) is 15.1. The molecule has 2 aromatic carbocycles. The summed E-state index contributed by atoms with van der Waals surface area (Å²) in [5.41, 5.74) is 2.24. The zero-order valence-electron chi connectivity index (χ0n) is 16.4. The highest BCUT2D eigenvalue weighted by Gasteiger charge is 2.16. The molecule has 1 aliphatic rings. The lowest BCUT2D eigenvalue weighted by Gasteiger charge is -2.08. The summed E-state index contributed by atoms with van der Waals surface area (Å²) in [5.74, 6) is 2.88. The molecule has 10 heteroatoms. The van der Waals surface area contributed by atoms with E-state index < -0.39 is 0 Å². The Kier molecular flexibility index (Phi) is 5.43. The number of thioether (sulfide) groups is 1. The predicted molar refractivity (Wildman–Crippen MR) is 124 cm³/mol. The van der Waals surface area contributed by atoms with Gasteiger partial charge in [-0.3, -0.25) is 9.36 Å². The second-order valence-electron chi connectivity index (χ2n) is 6.63. The number of fused-ring (bicyclic) bond motifs is 2. The van der Waals surface area contributed by atoms with Crippen LogP contribution in [0, 0.1) is 3.95 Å². The molecule has 1 N–H and O–H groups in total. The molecular formula is C21H17N3O4S3. The van der Waals surface area contributed by atoms with Crippen LogP contribution < -0.4 is 19.8 Å². The van der Waals surface area contributed by atoms with Crippen LogP contribution in [0.4, 0.5) is 0 Å². The Morgan fingerprint density at radius 2 is 2.03 bits per heavy atom. The van der Waals surface area contributed by atoms with E-state index >= 15 is 0 Å². The molecular weight excluding hydrogens is 454 g/mol. The first-order valence-electron chi connectivity index (χ1n) is 9.53. The van der Waals surface area contributed by atoms with Gasteiger partial charge in [-0.1, -0.05) is 29.2 Å². The van der Waals surface area contributed by atoms with Gasteiger partial charge in [0.15, 0.2) is 26.3 Å².